The Morgan fingerprint density at radius 2 is 2.00 bits per heavy atom. The van der Waals surface area contributed by atoms with Gasteiger partial charge in [-0.3, -0.25) is 0 Å². The lowest BCUT2D eigenvalue weighted by Gasteiger charge is -2.10. The number of imidazole rings is 1. The molecule has 0 aliphatic heterocycles. The van der Waals surface area contributed by atoms with Gasteiger partial charge in [-0.15, -0.1) is 0 Å². The Balaban J connectivity index is 1.95. The van der Waals surface area contributed by atoms with Crippen molar-refractivity contribution in [1.82, 2.24) is 9.55 Å². The molecule has 0 atom stereocenters. The first-order valence-electron chi connectivity index (χ1n) is 8.87. The van der Waals surface area contributed by atoms with Crippen molar-refractivity contribution < 1.29 is 23.0 Å². The van der Waals surface area contributed by atoms with Crippen molar-refractivity contribution in [2.24, 2.45) is 0 Å². The first-order valence-corrected chi connectivity index (χ1v) is 10.2. The number of carbonyl (C=O) groups is 1. The Bertz CT molecular complexity index is 1040. The summed E-state index contributed by atoms with van der Waals surface area (Å²) in [5.41, 5.74) is 1.86. The van der Waals surface area contributed by atoms with Gasteiger partial charge in [-0.2, -0.15) is 0 Å². The molecule has 0 bridgehead atoms. The number of methoxy groups -OCH3 is 1. The number of aromatic nitrogens is 2. The number of fused-ring (bicyclic) bond motifs is 1. The minimum atomic E-state index is -0.671. The van der Waals surface area contributed by atoms with Gasteiger partial charge >= 0.3 is 5.97 Å². The van der Waals surface area contributed by atoms with Crippen LogP contribution in [0.3, 0.4) is 0 Å². The van der Waals surface area contributed by atoms with E-state index in [1.807, 2.05) is 4.57 Å². The third-order valence-electron chi connectivity index (χ3n) is 4.23. The molecule has 3 aromatic rings. The van der Waals surface area contributed by atoms with E-state index in [1.165, 1.54) is 11.8 Å². The van der Waals surface area contributed by atoms with E-state index in [-0.39, 0.29) is 22.9 Å². The maximum Gasteiger partial charge on any atom is 0.338 e. The Morgan fingerprint density at radius 3 is 2.72 bits per heavy atom. The number of nitrogens with zero attached hydrogens (tertiary/aromatic N) is 2. The van der Waals surface area contributed by atoms with Crippen molar-refractivity contribution in [2.45, 2.75) is 24.4 Å². The van der Waals surface area contributed by atoms with Gasteiger partial charge in [0.05, 0.1) is 34.8 Å². The van der Waals surface area contributed by atoms with Crippen LogP contribution in [0.2, 0.25) is 5.02 Å². The fraction of sp³-hybridized carbons (Fsp3) is 0.300. The van der Waals surface area contributed by atoms with Gasteiger partial charge in [-0.05, 0) is 37.3 Å². The predicted molar refractivity (Wildman–Crippen MR) is 108 cm³/mol. The highest BCUT2D eigenvalue weighted by molar-refractivity contribution is 7.98. The van der Waals surface area contributed by atoms with Crippen LogP contribution in [0.1, 0.15) is 22.8 Å². The normalized spacial score (nSPS) is 11.2. The molecular weight excluding hydrogens is 422 g/mol. The molecule has 5 nitrogen and oxygen atoms in total. The average molecular weight is 441 g/mol. The van der Waals surface area contributed by atoms with Crippen molar-refractivity contribution in [2.75, 3.05) is 20.3 Å². The van der Waals surface area contributed by atoms with Crippen molar-refractivity contribution in [3.8, 4) is 0 Å². The molecule has 0 fully saturated rings. The van der Waals surface area contributed by atoms with Crippen LogP contribution in [0.5, 0.6) is 0 Å². The number of hydrogen-bond acceptors (Lipinski definition) is 5. The molecule has 0 saturated heterocycles. The van der Waals surface area contributed by atoms with E-state index in [2.05, 4.69) is 4.98 Å². The lowest BCUT2D eigenvalue weighted by molar-refractivity contribution is 0.0526. The molecule has 3 rings (SSSR count). The van der Waals surface area contributed by atoms with E-state index >= 15 is 0 Å². The third kappa shape index (κ3) is 4.71. The van der Waals surface area contributed by atoms with Crippen LogP contribution >= 0.6 is 23.4 Å². The van der Waals surface area contributed by atoms with Gasteiger partial charge in [0, 0.05) is 25.0 Å². The molecule has 0 radical (unpaired) electrons. The quantitative estimate of drug-likeness (QED) is 0.277. The third-order valence-corrected chi connectivity index (χ3v) is 5.64. The minimum Gasteiger partial charge on any atom is -0.462 e. The van der Waals surface area contributed by atoms with Gasteiger partial charge in [-0.25, -0.2) is 18.6 Å². The number of esters is 1. The molecule has 29 heavy (non-hydrogen) atoms. The van der Waals surface area contributed by atoms with Crippen molar-refractivity contribution in [3.63, 3.8) is 0 Å². The maximum atomic E-state index is 14.1. The fourth-order valence-electron chi connectivity index (χ4n) is 2.80. The Kier molecular flexibility index (Phi) is 7.10. The van der Waals surface area contributed by atoms with Crippen LogP contribution in [0.15, 0.2) is 35.5 Å². The van der Waals surface area contributed by atoms with E-state index in [1.54, 1.807) is 32.2 Å². The zero-order valence-electron chi connectivity index (χ0n) is 15.9. The molecule has 154 valence electrons. The van der Waals surface area contributed by atoms with Gasteiger partial charge in [0.15, 0.2) is 5.16 Å². The number of benzene rings is 2. The standard InChI is InChI=1S/C20H19ClF2N2O3S/c1-3-28-19(26)12-4-7-17-16(10-12)24-20(25(17)8-9-27-2)29-11-13-14(22)5-6-15(23)18(13)21/h4-7,10H,3,8-9,11H2,1-2H3. The Morgan fingerprint density at radius 1 is 1.24 bits per heavy atom. The summed E-state index contributed by atoms with van der Waals surface area (Å²) in [6.07, 6.45) is 0. The van der Waals surface area contributed by atoms with Gasteiger partial charge in [0.25, 0.3) is 0 Å². The summed E-state index contributed by atoms with van der Waals surface area (Å²) in [5, 5.41) is 0.347. The van der Waals surface area contributed by atoms with Crippen LogP contribution in [0, 0.1) is 11.6 Å². The number of ether oxygens (including phenoxy) is 2. The number of carbonyl (C=O) groups excluding carboxylic acids is 1. The SMILES string of the molecule is CCOC(=O)c1ccc2c(c1)nc(SCc1c(F)ccc(F)c1Cl)n2CCOC. The summed E-state index contributed by atoms with van der Waals surface area (Å²) in [6.45, 7) is 2.96. The lowest BCUT2D eigenvalue weighted by atomic mass is 10.2. The Hall–Kier alpha value is -2.16. The molecule has 0 spiro atoms. The molecule has 2 aromatic carbocycles. The van der Waals surface area contributed by atoms with Gasteiger partial charge < -0.3 is 14.0 Å². The smallest absolute Gasteiger partial charge is 0.338 e. The van der Waals surface area contributed by atoms with Gasteiger partial charge in [-0.1, -0.05) is 23.4 Å². The highest BCUT2D eigenvalue weighted by Gasteiger charge is 2.17. The molecule has 1 heterocycles. The fourth-order valence-corrected chi connectivity index (χ4v) is 4.16. The van der Waals surface area contributed by atoms with Crippen LogP contribution in [0.4, 0.5) is 8.78 Å². The second kappa shape index (κ2) is 9.56. The zero-order chi connectivity index (χ0) is 21.0. The number of hydrogen-bond donors (Lipinski definition) is 0. The summed E-state index contributed by atoms with van der Waals surface area (Å²) in [4.78, 5) is 16.6. The molecule has 0 aliphatic carbocycles. The van der Waals surface area contributed by atoms with E-state index in [9.17, 15) is 13.6 Å². The van der Waals surface area contributed by atoms with E-state index in [4.69, 9.17) is 21.1 Å². The van der Waals surface area contributed by atoms with Crippen LogP contribution < -0.4 is 0 Å². The number of thioether (sulfide) groups is 1. The molecule has 0 unspecified atom stereocenters. The van der Waals surface area contributed by atoms with Gasteiger partial charge in [0.1, 0.15) is 11.6 Å². The van der Waals surface area contributed by atoms with Crippen LogP contribution in [0.25, 0.3) is 11.0 Å². The first-order chi connectivity index (χ1) is 14.0. The summed E-state index contributed by atoms with van der Waals surface area (Å²) in [6, 6.07) is 7.15. The minimum absolute atomic E-state index is 0.0780. The summed E-state index contributed by atoms with van der Waals surface area (Å²) in [7, 11) is 1.59. The average Bonchev–Trinajstić information content (AvgIpc) is 3.06. The zero-order valence-corrected chi connectivity index (χ0v) is 17.4. The molecule has 0 aliphatic rings. The molecule has 0 saturated carbocycles. The van der Waals surface area contributed by atoms with E-state index < -0.39 is 17.6 Å². The second-order valence-corrected chi connectivity index (χ2v) is 7.39. The topological polar surface area (TPSA) is 53.3 Å². The van der Waals surface area contributed by atoms with E-state index in [0.717, 1.165) is 17.6 Å². The predicted octanol–water partition coefficient (Wildman–Crippen LogP) is 5.08. The lowest BCUT2D eigenvalue weighted by Crippen LogP contribution is -2.06. The maximum absolute atomic E-state index is 14.1. The van der Waals surface area contributed by atoms with Crippen LogP contribution in [-0.2, 0) is 21.8 Å². The summed E-state index contributed by atoms with van der Waals surface area (Å²) in [5.74, 6) is -1.57. The van der Waals surface area contributed by atoms with Crippen molar-refractivity contribution in [1.29, 1.82) is 0 Å². The largest absolute Gasteiger partial charge is 0.462 e. The highest BCUT2D eigenvalue weighted by atomic mass is 35.5. The summed E-state index contributed by atoms with van der Waals surface area (Å²) >= 11 is 7.15. The first kappa shape index (κ1) is 21.5. The summed E-state index contributed by atoms with van der Waals surface area (Å²) < 4.78 is 39.9. The van der Waals surface area contributed by atoms with Crippen LogP contribution in [-0.4, -0.2) is 35.8 Å². The second-order valence-electron chi connectivity index (χ2n) is 6.07. The molecule has 0 amide bonds. The molecule has 9 heteroatoms. The molecule has 1 aromatic heterocycles. The molecule has 0 N–H and O–H groups in total. The number of halogens is 3. The number of rotatable bonds is 8. The van der Waals surface area contributed by atoms with Crippen molar-refractivity contribution in [3.05, 3.63) is 58.1 Å². The monoisotopic (exact) mass is 440 g/mol. The van der Waals surface area contributed by atoms with E-state index in [0.29, 0.717) is 29.4 Å². The van der Waals surface area contributed by atoms with Crippen molar-refractivity contribution >= 4 is 40.4 Å². The van der Waals surface area contributed by atoms with Gasteiger partial charge in [0.2, 0.25) is 0 Å². The Labute approximate surface area is 176 Å². The molecular formula is C20H19ClF2N2O3S. The highest BCUT2D eigenvalue weighted by Crippen LogP contribution is 2.32.